The number of esters is 1. The number of amides is 1. The molecule has 2 heterocycles. The maximum absolute atomic E-state index is 12.5. The van der Waals surface area contributed by atoms with Gasteiger partial charge in [-0.05, 0) is 58.6 Å². The van der Waals surface area contributed by atoms with Crippen LogP contribution in [0, 0.1) is 0 Å². The first-order valence-corrected chi connectivity index (χ1v) is 14.4. The molecule has 0 radical (unpaired) electrons. The molecule has 0 bridgehead atoms. The number of ether oxygens (including phenoxy) is 2. The van der Waals surface area contributed by atoms with Gasteiger partial charge in [-0.3, -0.25) is 19.3 Å². The Kier molecular flexibility index (Phi) is 9.28. The second kappa shape index (κ2) is 11.7. The number of nitrogens with one attached hydrogen (secondary N) is 1. The minimum absolute atomic E-state index is 0.325. The number of carbonyl (C=O) groups excluding carboxylic acids is 3. The van der Waals surface area contributed by atoms with Gasteiger partial charge in [-0.1, -0.05) is 18.2 Å². The molecule has 1 saturated heterocycles. The van der Waals surface area contributed by atoms with Gasteiger partial charge >= 0.3 is 12.6 Å². The fourth-order valence-electron chi connectivity index (χ4n) is 3.80. The smallest absolute Gasteiger partial charge is 0.323 e. The van der Waals surface area contributed by atoms with E-state index in [1.807, 2.05) is 0 Å². The quantitative estimate of drug-likeness (QED) is 0.220. The topological polar surface area (TPSA) is 144 Å². The largest absolute Gasteiger partial charge is 0.462 e. The van der Waals surface area contributed by atoms with Gasteiger partial charge in [0.2, 0.25) is 5.91 Å². The number of ketones is 1. The van der Waals surface area contributed by atoms with Crippen molar-refractivity contribution in [2.75, 3.05) is 6.61 Å². The number of allylic oxidation sites excluding steroid dienone is 1. The first kappa shape index (κ1) is 29.4. The normalized spacial score (nSPS) is 28.6. The Morgan fingerprint density at radius 1 is 1.30 bits per heavy atom. The summed E-state index contributed by atoms with van der Waals surface area (Å²) in [7, 11) is 0. The van der Waals surface area contributed by atoms with Crippen molar-refractivity contribution in [1.82, 2.24) is 9.99 Å². The minimum atomic E-state index is -3.42. The Morgan fingerprint density at radius 2 is 1.95 bits per heavy atom. The predicted octanol–water partition coefficient (Wildman–Crippen LogP) is 1.78. The summed E-state index contributed by atoms with van der Waals surface area (Å²) >= 11 is 5.66. The Balaban J connectivity index is 1.78. The van der Waals surface area contributed by atoms with Crippen LogP contribution in [-0.4, -0.2) is 75.6 Å². The molecule has 3 N–H and O–H groups in total. The summed E-state index contributed by atoms with van der Waals surface area (Å²) in [6.45, 7) is 4.12. The van der Waals surface area contributed by atoms with Crippen molar-refractivity contribution >= 4 is 36.1 Å². The maximum Gasteiger partial charge on any atom is 0.323 e. The Morgan fingerprint density at radius 3 is 2.57 bits per heavy atom. The van der Waals surface area contributed by atoms with Gasteiger partial charge in [-0.25, -0.2) is 5.09 Å². The number of para-hydroxylation sites is 1. The van der Waals surface area contributed by atoms with Crippen LogP contribution in [0.1, 0.15) is 41.0 Å². The molecule has 2 aliphatic heterocycles. The first-order chi connectivity index (χ1) is 17.2. The number of benzene rings is 1. The van der Waals surface area contributed by atoms with Crippen molar-refractivity contribution in [2.24, 2.45) is 0 Å². The molecule has 37 heavy (non-hydrogen) atoms. The van der Waals surface area contributed by atoms with E-state index in [0.29, 0.717) is 11.3 Å². The standard InChI is InChI=1S/C24H33N2O9PS/c1-14(2)33-22(30)16(4)25-36(37,35-17-9-7-6-8-10-17)32-13-19-21(29)24(5,31)23(34-19)26-12-15(3)18(27)11-20(26)28/h6-10,12,14,16,19,21,23,29,31H,11,13H2,1-5H3,(H,25,37)/t16-,19+,21+,23+,24+,36?/m0/s1. The lowest BCUT2D eigenvalue weighted by Crippen LogP contribution is -2.54. The van der Waals surface area contributed by atoms with E-state index in [2.05, 4.69) is 5.09 Å². The Hall–Kier alpha value is -2.18. The van der Waals surface area contributed by atoms with Crippen molar-refractivity contribution in [2.45, 2.75) is 77.2 Å². The molecule has 2 aliphatic rings. The summed E-state index contributed by atoms with van der Waals surface area (Å²) in [5.74, 6) is -1.05. The second-order valence-electron chi connectivity index (χ2n) is 9.44. The van der Waals surface area contributed by atoms with Crippen LogP contribution in [0.5, 0.6) is 5.75 Å². The molecule has 1 fully saturated rings. The van der Waals surface area contributed by atoms with Gasteiger partial charge in [0, 0.05) is 11.8 Å². The second-order valence-corrected chi connectivity index (χ2v) is 12.6. The van der Waals surface area contributed by atoms with Crippen LogP contribution in [0.4, 0.5) is 0 Å². The molecule has 11 nitrogen and oxygen atoms in total. The average Bonchev–Trinajstić information content (AvgIpc) is 3.03. The highest BCUT2D eigenvalue weighted by atomic mass is 32.5. The van der Waals surface area contributed by atoms with E-state index in [-0.39, 0.29) is 24.9 Å². The van der Waals surface area contributed by atoms with Gasteiger partial charge < -0.3 is 28.7 Å². The molecular formula is C24H33N2O9PS. The van der Waals surface area contributed by atoms with E-state index in [1.165, 1.54) is 13.1 Å². The molecule has 3 rings (SSSR count). The highest BCUT2D eigenvalue weighted by Crippen LogP contribution is 2.46. The number of nitrogens with zero attached hydrogens (tertiary/aromatic N) is 1. The van der Waals surface area contributed by atoms with Gasteiger partial charge in [0.05, 0.1) is 19.1 Å². The van der Waals surface area contributed by atoms with Crippen molar-refractivity contribution < 1.29 is 43.1 Å². The molecule has 0 aliphatic carbocycles. The van der Waals surface area contributed by atoms with Crippen LogP contribution in [0.15, 0.2) is 42.1 Å². The number of aliphatic hydroxyl groups excluding tert-OH is 1. The highest BCUT2D eigenvalue weighted by molar-refractivity contribution is 8.09. The van der Waals surface area contributed by atoms with Gasteiger partial charge in [0.1, 0.15) is 29.6 Å². The monoisotopic (exact) mass is 556 g/mol. The SMILES string of the molecule is CC1=CN([C@@H]2O[C@H](COP(=S)(N[C@@H](C)C(=O)OC(C)C)Oc3ccccc3)[C@@H](O)[C@@]2(C)O)C(=O)CC1=O. The lowest BCUT2D eigenvalue weighted by molar-refractivity contribution is -0.158. The van der Waals surface area contributed by atoms with Crippen LogP contribution in [-0.2, 0) is 40.2 Å². The summed E-state index contributed by atoms with van der Waals surface area (Å²) in [4.78, 5) is 37.9. The van der Waals surface area contributed by atoms with E-state index in [4.69, 9.17) is 30.3 Å². The number of carbonyl (C=O) groups is 3. The van der Waals surface area contributed by atoms with Gasteiger partial charge in [0.15, 0.2) is 12.0 Å². The van der Waals surface area contributed by atoms with Gasteiger partial charge in [-0.2, -0.15) is 0 Å². The zero-order valence-electron chi connectivity index (χ0n) is 21.3. The van der Waals surface area contributed by atoms with Crippen molar-refractivity contribution in [3.05, 3.63) is 42.1 Å². The Bertz CT molecular complexity index is 1090. The van der Waals surface area contributed by atoms with Crippen LogP contribution in [0.25, 0.3) is 0 Å². The molecule has 6 atom stereocenters. The van der Waals surface area contributed by atoms with Crippen LogP contribution in [0.2, 0.25) is 0 Å². The molecule has 0 saturated carbocycles. The van der Waals surface area contributed by atoms with E-state index in [0.717, 1.165) is 4.90 Å². The third kappa shape index (κ3) is 7.02. The van der Waals surface area contributed by atoms with E-state index < -0.39 is 48.6 Å². The lowest BCUT2D eigenvalue weighted by atomic mass is 9.95. The number of hydrogen-bond acceptors (Lipinski definition) is 10. The fraction of sp³-hybridized carbons (Fsp3) is 0.542. The van der Waals surface area contributed by atoms with Crippen LogP contribution < -0.4 is 9.61 Å². The summed E-state index contributed by atoms with van der Waals surface area (Å²) in [6, 6.07) is 7.74. The first-order valence-electron chi connectivity index (χ1n) is 11.8. The molecular weight excluding hydrogens is 523 g/mol. The number of Topliss-reactive ketones (excluding diaryl/α,β-unsaturated/α-hetero) is 1. The highest BCUT2D eigenvalue weighted by Gasteiger charge is 2.56. The predicted molar refractivity (Wildman–Crippen MR) is 137 cm³/mol. The molecule has 1 unspecified atom stereocenters. The van der Waals surface area contributed by atoms with Gasteiger partial charge in [-0.15, -0.1) is 0 Å². The van der Waals surface area contributed by atoms with E-state index >= 15 is 0 Å². The Labute approximate surface area is 220 Å². The molecule has 13 heteroatoms. The van der Waals surface area contributed by atoms with Gasteiger partial charge in [0.25, 0.3) is 0 Å². The molecule has 204 valence electrons. The molecule has 1 amide bonds. The number of aliphatic hydroxyl groups is 2. The van der Waals surface area contributed by atoms with E-state index in [1.54, 1.807) is 58.0 Å². The summed E-state index contributed by atoms with van der Waals surface area (Å²) in [6.07, 6.45) is -3.25. The number of hydrogen-bond donors (Lipinski definition) is 3. The van der Waals surface area contributed by atoms with Crippen LogP contribution in [0.3, 0.4) is 0 Å². The van der Waals surface area contributed by atoms with E-state index in [9.17, 15) is 24.6 Å². The lowest BCUT2D eigenvalue weighted by Gasteiger charge is -2.35. The van der Waals surface area contributed by atoms with Crippen molar-refractivity contribution in [1.29, 1.82) is 0 Å². The molecule has 0 aromatic heterocycles. The zero-order chi connectivity index (χ0) is 27.5. The summed E-state index contributed by atoms with van der Waals surface area (Å²) in [5, 5.41) is 24.8. The van der Waals surface area contributed by atoms with Crippen molar-refractivity contribution in [3.63, 3.8) is 0 Å². The molecule has 1 aromatic carbocycles. The fourth-order valence-corrected chi connectivity index (χ4v) is 6.22. The van der Waals surface area contributed by atoms with Crippen molar-refractivity contribution in [3.8, 4) is 5.75 Å². The molecule has 1 aromatic rings. The zero-order valence-corrected chi connectivity index (χ0v) is 23.0. The minimum Gasteiger partial charge on any atom is -0.462 e. The number of rotatable bonds is 10. The van der Waals surface area contributed by atoms with Crippen LogP contribution >= 0.6 is 6.64 Å². The third-order valence-corrected chi connectivity index (χ3v) is 8.31. The molecule has 0 spiro atoms. The summed E-state index contributed by atoms with van der Waals surface area (Å²) in [5.41, 5.74) is -1.56. The summed E-state index contributed by atoms with van der Waals surface area (Å²) < 4.78 is 22.9. The maximum atomic E-state index is 12.5. The third-order valence-electron chi connectivity index (χ3n) is 5.81. The average molecular weight is 557 g/mol.